The maximum atomic E-state index is 12.2. The minimum absolute atomic E-state index is 0.0119. The molecule has 1 atom stereocenters. The van der Waals surface area contributed by atoms with E-state index >= 15 is 0 Å². The van der Waals surface area contributed by atoms with Crippen molar-refractivity contribution in [2.24, 2.45) is 11.3 Å². The number of furan rings is 1. The van der Waals surface area contributed by atoms with Crippen molar-refractivity contribution in [2.75, 3.05) is 0 Å². The van der Waals surface area contributed by atoms with E-state index in [0.717, 1.165) is 0 Å². The predicted molar refractivity (Wildman–Crippen MR) is 76.8 cm³/mol. The fraction of sp³-hybridized carbons (Fsp3) is 0.600. The summed E-state index contributed by atoms with van der Waals surface area (Å²) in [6, 6.07) is 3.01. The molecule has 0 unspecified atom stereocenters. The highest BCUT2D eigenvalue weighted by Crippen LogP contribution is 2.14. The molecule has 2 N–H and O–H groups in total. The van der Waals surface area contributed by atoms with Gasteiger partial charge < -0.3 is 15.1 Å². The zero-order chi connectivity index (χ0) is 15.3. The van der Waals surface area contributed by atoms with Crippen LogP contribution in [-0.2, 0) is 16.1 Å². The Morgan fingerprint density at radius 1 is 1.30 bits per heavy atom. The third-order valence-electron chi connectivity index (χ3n) is 2.93. The van der Waals surface area contributed by atoms with Gasteiger partial charge in [0, 0.05) is 5.41 Å². The van der Waals surface area contributed by atoms with Crippen molar-refractivity contribution >= 4 is 11.8 Å². The first-order chi connectivity index (χ1) is 9.21. The Bertz CT molecular complexity index is 444. The van der Waals surface area contributed by atoms with Gasteiger partial charge >= 0.3 is 0 Å². The van der Waals surface area contributed by atoms with Crippen molar-refractivity contribution in [1.29, 1.82) is 0 Å². The van der Waals surface area contributed by atoms with Gasteiger partial charge in [0.15, 0.2) is 0 Å². The van der Waals surface area contributed by atoms with Crippen LogP contribution in [0.15, 0.2) is 22.8 Å². The molecule has 0 saturated heterocycles. The number of hydrogen-bond acceptors (Lipinski definition) is 3. The van der Waals surface area contributed by atoms with Gasteiger partial charge in [-0.05, 0) is 18.1 Å². The number of hydrogen-bond donors (Lipinski definition) is 2. The van der Waals surface area contributed by atoms with Crippen LogP contribution in [0.25, 0.3) is 0 Å². The number of amides is 2. The lowest BCUT2D eigenvalue weighted by molar-refractivity contribution is -0.134. The first kappa shape index (κ1) is 16.3. The highest BCUT2D eigenvalue weighted by molar-refractivity contribution is 5.89. The molecule has 1 aromatic heterocycles. The lowest BCUT2D eigenvalue weighted by atomic mass is 9.93. The van der Waals surface area contributed by atoms with Gasteiger partial charge in [-0.3, -0.25) is 9.59 Å². The van der Waals surface area contributed by atoms with Crippen molar-refractivity contribution in [3.8, 4) is 0 Å². The van der Waals surface area contributed by atoms with E-state index in [2.05, 4.69) is 10.6 Å². The zero-order valence-corrected chi connectivity index (χ0v) is 12.8. The lowest BCUT2D eigenvalue weighted by Gasteiger charge is -2.26. The molecule has 0 fully saturated rings. The Morgan fingerprint density at radius 3 is 2.40 bits per heavy atom. The Morgan fingerprint density at radius 2 is 1.95 bits per heavy atom. The van der Waals surface area contributed by atoms with Crippen molar-refractivity contribution in [1.82, 2.24) is 10.6 Å². The van der Waals surface area contributed by atoms with Crippen LogP contribution in [0, 0.1) is 11.3 Å². The molecule has 0 aliphatic heterocycles. The molecule has 2 amide bonds. The summed E-state index contributed by atoms with van der Waals surface area (Å²) in [6.07, 6.45) is 1.56. The van der Waals surface area contributed by atoms with Gasteiger partial charge in [0.05, 0.1) is 12.8 Å². The maximum absolute atomic E-state index is 12.2. The standard InChI is InChI=1S/C15H24N2O3/c1-10(2)12(17-14(19)15(3,4)5)13(18)16-9-11-7-6-8-20-11/h6-8,10,12H,9H2,1-5H3,(H,16,18)(H,17,19)/t12-/m0/s1. The van der Waals surface area contributed by atoms with E-state index in [0.29, 0.717) is 12.3 Å². The third-order valence-corrected chi connectivity index (χ3v) is 2.93. The van der Waals surface area contributed by atoms with Gasteiger partial charge in [-0.15, -0.1) is 0 Å². The summed E-state index contributed by atoms with van der Waals surface area (Å²) in [5.41, 5.74) is -0.519. The molecule has 0 spiro atoms. The molecule has 5 nitrogen and oxygen atoms in total. The number of rotatable bonds is 5. The summed E-state index contributed by atoms with van der Waals surface area (Å²) in [5, 5.41) is 5.58. The van der Waals surface area contributed by atoms with Crippen molar-refractivity contribution < 1.29 is 14.0 Å². The summed E-state index contributed by atoms with van der Waals surface area (Å²) in [5.74, 6) is 0.360. The average molecular weight is 280 g/mol. The molecule has 0 radical (unpaired) electrons. The molecule has 1 aromatic rings. The largest absolute Gasteiger partial charge is 0.467 e. The second kappa shape index (κ2) is 6.59. The Balaban J connectivity index is 2.61. The van der Waals surface area contributed by atoms with E-state index in [1.807, 2.05) is 34.6 Å². The lowest BCUT2D eigenvalue weighted by Crippen LogP contribution is -2.52. The molecular weight excluding hydrogens is 256 g/mol. The van der Waals surface area contributed by atoms with Crippen LogP contribution in [0.2, 0.25) is 0 Å². The normalized spacial score (nSPS) is 13.1. The fourth-order valence-electron chi connectivity index (χ4n) is 1.59. The topological polar surface area (TPSA) is 71.3 Å². The van der Waals surface area contributed by atoms with Gasteiger partial charge in [-0.2, -0.15) is 0 Å². The van der Waals surface area contributed by atoms with Crippen LogP contribution in [0.1, 0.15) is 40.4 Å². The number of carbonyl (C=O) groups is 2. The molecule has 1 heterocycles. The van der Waals surface area contributed by atoms with E-state index in [-0.39, 0.29) is 17.7 Å². The second-order valence-corrected chi connectivity index (χ2v) is 6.24. The maximum Gasteiger partial charge on any atom is 0.243 e. The van der Waals surface area contributed by atoms with Gasteiger partial charge in [-0.1, -0.05) is 34.6 Å². The summed E-state index contributed by atoms with van der Waals surface area (Å²) < 4.78 is 5.16. The van der Waals surface area contributed by atoms with E-state index in [4.69, 9.17) is 4.42 Å². The molecule has 20 heavy (non-hydrogen) atoms. The molecule has 5 heteroatoms. The highest BCUT2D eigenvalue weighted by Gasteiger charge is 2.29. The number of nitrogens with one attached hydrogen (secondary N) is 2. The number of carbonyl (C=O) groups excluding carboxylic acids is 2. The van der Waals surface area contributed by atoms with Crippen LogP contribution < -0.4 is 10.6 Å². The first-order valence-corrected chi connectivity index (χ1v) is 6.83. The Labute approximate surface area is 120 Å². The van der Waals surface area contributed by atoms with Crippen LogP contribution >= 0.6 is 0 Å². The molecule has 112 valence electrons. The first-order valence-electron chi connectivity index (χ1n) is 6.83. The van der Waals surface area contributed by atoms with E-state index in [1.54, 1.807) is 18.4 Å². The van der Waals surface area contributed by atoms with Crippen molar-refractivity contribution in [3.63, 3.8) is 0 Å². The summed E-state index contributed by atoms with van der Waals surface area (Å²) in [4.78, 5) is 24.2. The van der Waals surface area contributed by atoms with Crippen molar-refractivity contribution in [2.45, 2.75) is 47.2 Å². The van der Waals surface area contributed by atoms with E-state index in [1.165, 1.54) is 0 Å². The monoisotopic (exact) mass is 280 g/mol. The zero-order valence-electron chi connectivity index (χ0n) is 12.8. The molecule has 0 aliphatic rings. The van der Waals surface area contributed by atoms with Crippen molar-refractivity contribution in [3.05, 3.63) is 24.2 Å². The molecule has 0 saturated carbocycles. The molecule has 0 aromatic carbocycles. The van der Waals surface area contributed by atoms with Gasteiger partial charge in [-0.25, -0.2) is 0 Å². The van der Waals surface area contributed by atoms with E-state index in [9.17, 15) is 9.59 Å². The third kappa shape index (κ3) is 4.72. The SMILES string of the molecule is CC(C)[C@H](NC(=O)C(C)(C)C)C(=O)NCc1ccco1. The molecule has 0 bridgehead atoms. The Kier molecular flexibility index (Phi) is 5.36. The Hall–Kier alpha value is -1.78. The van der Waals surface area contributed by atoms with Gasteiger partial charge in [0.25, 0.3) is 0 Å². The van der Waals surface area contributed by atoms with Crippen LogP contribution in [0.5, 0.6) is 0 Å². The molecule has 0 aliphatic carbocycles. The summed E-state index contributed by atoms with van der Waals surface area (Å²) >= 11 is 0. The van der Waals surface area contributed by atoms with E-state index < -0.39 is 11.5 Å². The average Bonchev–Trinajstić information content (AvgIpc) is 2.84. The highest BCUT2D eigenvalue weighted by atomic mass is 16.3. The summed E-state index contributed by atoms with van der Waals surface area (Å²) in [7, 11) is 0. The van der Waals surface area contributed by atoms with Crippen LogP contribution in [0.3, 0.4) is 0 Å². The van der Waals surface area contributed by atoms with Crippen LogP contribution in [-0.4, -0.2) is 17.9 Å². The quantitative estimate of drug-likeness (QED) is 0.867. The minimum atomic E-state index is -0.545. The summed E-state index contributed by atoms with van der Waals surface area (Å²) in [6.45, 7) is 9.59. The van der Waals surface area contributed by atoms with Gasteiger partial charge in [0.2, 0.25) is 11.8 Å². The minimum Gasteiger partial charge on any atom is -0.467 e. The predicted octanol–water partition coefficient (Wildman–Crippen LogP) is 2.08. The van der Waals surface area contributed by atoms with Gasteiger partial charge in [0.1, 0.15) is 11.8 Å². The van der Waals surface area contributed by atoms with Crippen LogP contribution in [0.4, 0.5) is 0 Å². The molecular formula is C15H24N2O3. The second-order valence-electron chi connectivity index (χ2n) is 6.24. The smallest absolute Gasteiger partial charge is 0.243 e. The molecule has 1 rings (SSSR count). The fourth-order valence-corrected chi connectivity index (χ4v) is 1.59.